The Balaban J connectivity index is 1.42. The van der Waals surface area contributed by atoms with Crippen molar-refractivity contribution < 1.29 is 14.4 Å². The number of piperidine rings is 1. The number of carbonyl (C=O) groups excluding carboxylic acids is 3. The molecule has 0 radical (unpaired) electrons. The van der Waals surface area contributed by atoms with Crippen LogP contribution in [-0.2, 0) is 16.0 Å². The summed E-state index contributed by atoms with van der Waals surface area (Å²) in [4.78, 5) is 44.1. The van der Waals surface area contributed by atoms with Crippen LogP contribution < -0.4 is 11.1 Å². The van der Waals surface area contributed by atoms with Crippen molar-refractivity contribution in [2.45, 2.75) is 31.6 Å². The molecule has 2 aromatic rings. The van der Waals surface area contributed by atoms with Gasteiger partial charge >= 0.3 is 0 Å². The Morgan fingerprint density at radius 1 is 1.14 bits per heavy atom. The van der Waals surface area contributed by atoms with Gasteiger partial charge in [-0.05, 0) is 49.9 Å². The van der Waals surface area contributed by atoms with Gasteiger partial charge in [0.15, 0.2) is 5.13 Å². The normalized spacial score (nSPS) is 19.1. The molecule has 1 aromatic heterocycles. The Kier molecular flexibility index (Phi) is 5.56. The Hall–Kier alpha value is -2.45. The molecule has 3 N–H and O–H groups in total. The summed E-state index contributed by atoms with van der Waals surface area (Å²) in [6, 6.07) is 6.63. The van der Waals surface area contributed by atoms with Crippen molar-refractivity contribution in [3.05, 3.63) is 45.4 Å². The summed E-state index contributed by atoms with van der Waals surface area (Å²) in [5, 5.41) is 3.88. The molecule has 1 aromatic carbocycles. The van der Waals surface area contributed by atoms with Crippen molar-refractivity contribution in [2.75, 3.05) is 18.4 Å². The SMILES string of the molecule is NC(=O)C1CCN(C(=O)C2CCc3sc(NC(=O)c4ccc(Cl)cc4)nc32)CC1. The van der Waals surface area contributed by atoms with Crippen LogP contribution in [0.2, 0.25) is 5.02 Å². The highest BCUT2D eigenvalue weighted by atomic mass is 35.5. The van der Waals surface area contributed by atoms with E-state index in [0.29, 0.717) is 41.6 Å². The molecule has 0 bridgehead atoms. The summed E-state index contributed by atoms with van der Waals surface area (Å²) < 4.78 is 0. The molecule has 1 aliphatic carbocycles. The van der Waals surface area contributed by atoms with Crippen molar-refractivity contribution in [1.29, 1.82) is 0 Å². The molecular weight excluding hydrogens is 412 g/mol. The lowest BCUT2D eigenvalue weighted by Crippen LogP contribution is -2.43. The Bertz CT molecular complexity index is 951. The lowest BCUT2D eigenvalue weighted by molar-refractivity contribution is -0.136. The highest BCUT2D eigenvalue weighted by Gasteiger charge is 2.37. The number of hydrogen-bond acceptors (Lipinski definition) is 5. The van der Waals surface area contributed by atoms with Gasteiger partial charge in [-0.15, -0.1) is 11.3 Å². The van der Waals surface area contributed by atoms with Gasteiger partial charge in [0.1, 0.15) is 0 Å². The maximum Gasteiger partial charge on any atom is 0.257 e. The third kappa shape index (κ3) is 4.13. The lowest BCUT2D eigenvalue weighted by Gasteiger charge is -2.32. The maximum atomic E-state index is 13.0. The molecule has 1 aliphatic heterocycles. The molecule has 0 saturated carbocycles. The van der Waals surface area contributed by atoms with E-state index in [0.717, 1.165) is 23.4 Å². The van der Waals surface area contributed by atoms with E-state index in [1.165, 1.54) is 11.3 Å². The summed E-state index contributed by atoms with van der Waals surface area (Å²) >= 11 is 7.28. The number of fused-ring (bicyclic) bond motifs is 1. The van der Waals surface area contributed by atoms with E-state index in [1.54, 1.807) is 24.3 Å². The number of nitrogens with one attached hydrogen (secondary N) is 1. The van der Waals surface area contributed by atoms with Gasteiger partial charge in [0.05, 0.1) is 11.6 Å². The number of likely N-dealkylation sites (tertiary alicyclic amines) is 1. The number of anilines is 1. The van der Waals surface area contributed by atoms with E-state index in [1.807, 2.05) is 4.90 Å². The fraction of sp³-hybridized carbons (Fsp3) is 0.400. The van der Waals surface area contributed by atoms with E-state index in [-0.39, 0.29) is 29.6 Å². The number of hydrogen-bond donors (Lipinski definition) is 2. The van der Waals surface area contributed by atoms with Gasteiger partial charge in [-0.2, -0.15) is 0 Å². The van der Waals surface area contributed by atoms with Gasteiger partial charge in [-0.3, -0.25) is 19.7 Å². The van der Waals surface area contributed by atoms with Crippen molar-refractivity contribution in [3.8, 4) is 0 Å². The molecular formula is C20H21ClN4O3S. The van der Waals surface area contributed by atoms with Crippen molar-refractivity contribution in [1.82, 2.24) is 9.88 Å². The molecule has 0 spiro atoms. The first-order valence-corrected chi connectivity index (χ1v) is 10.8. The number of rotatable bonds is 4. The van der Waals surface area contributed by atoms with Crippen LogP contribution in [0.5, 0.6) is 0 Å². The average molecular weight is 433 g/mol. The second-order valence-electron chi connectivity index (χ2n) is 7.38. The summed E-state index contributed by atoms with van der Waals surface area (Å²) in [7, 11) is 0. The Morgan fingerprint density at radius 2 is 1.83 bits per heavy atom. The summed E-state index contributed by atoms with van der Waals surface area (Å²) in [5.41, 5.74) is 6.64. The van der Waals surface area contributed by atoms with Gasteiger partial charge in [-0.25, -0.2) is 4.98 Å². The third-order valence-corrected chi connectivity index (χ3v) is 6.85. The number of nitrogens with zero attached hydrogens (tertiary/aromatic N) is 2. The van der Waals surface area contributed by atoms with Crippen molar-refractivity contribution >= 4 is 45.8 Å². The molecule has 29 heavy (non-hydrogen) atoms. The molecule has 1 atom stereocenters. The molecule has 152 valence electrons. The van der Waals surface area contributed by atoms with Crippen molar-refractivity contribution in [3.63, 3.8) is 0 Å². The zero-order valence-electron chi connectivity index (χ0n) is 15.7. The highest BCUT2D eigenvalue weighted by Crippen LogP contribution is 2.40. The number of amides is 3. The third-order valence-electron chi connectivity index (χ3n) is 5.55. The van der Waals surface area contributed by atoms with E-state index >= 15 is 0 Å². The fourth-order valence-electron chi connectivity index (χ4n) is 3.90. The predicted molar refractivity (Wildman–Crippen MR) is 111 cm³/mol. The summed E-state index contributed by atoms with van der Waals surface area (Å²) in [6.07, 6.45) is 2.73. The smallest absolute Gasteiger partial charge is 0.257 e. The number of aryl methyl sites for hydroxylation is 1. The summed E-state index contributed by atoms with van der Waals surface area (Å²) in [6.45, 7) is 1.09. The van der Waals surface area contributed by atoms with Crippen LogP contribution in [0, 0.1) is 5.92 Å². The lowest BCUT2D eigenvalue weighted by atomic mass is 9.95. The number of thiazole rings is 1. The van der Waals surface area contributed by atoms with Gasteiger partial charge in [0, 0.05) is 34.5 Å². The Labute approximate surface area is 177 Å². The number of carbonyl (C=O) groups is 3. The number of benzene rings is 1. The van der Waals surface area contributed by atoms with Crippen LogP contribution in [0.25, 0.3) is 0 Å². The first-order valence-electron chi connectivity index (χ1n) is 9.57. The standard InChI is InChI=1S/C20H21ClN4O3S/c21-13-3-1-12(2-4-13)18(27)24-20-23-16-14(5-6-15(16)29-20)19(28)25-9-7-11(8-10-25)17(22)26/h1-4,11,14H,5-10H2,(H2,22,26)(H,23,24,27). The molecule has 1 unspecified atom stereocenters. The second-order valence-corrected chi connectivity index (χ2v) is 8.90. The van der Waals surface area contributed by atoms with Crippen LogP contribution in [0.4, 0.5) is 5.13 Å². The number of nitrogens with two attached hydrogens (primary N) is 1. The van der Waals surface area contributed by atoms with Gasteiger partial charge in [0.2, 0.25) is 11.8 Å². The number of primary amides is 1. The minimum absolute atomic E-state index is 0.0487. The van der Waals surface area contributed by atoms with Crippen LogP contribution in [-0.4, -0.2) is 40.7 Å². The monoisotopic (exact) mass is 432 g/mol. The van der Waals surface area contributed by atoms with Crippen LogP contribution >= 0.6 is 22.9 Å². The average Bonchev–Trinajstić information content (AvgIpc) is 3.28. The summed E-state index contributed by atoms with van der Waals surface area (Å²) in [5.74, 6) is -0.932. The first-order chi connectivity index (χ1) is 13.9. The number of aromatic nitrogens is 1. The van der Waals surface area contributed by atoms with Crippen LogP contribution in [0.3, 0.4) is 0 Å². The second kappa shape index (κ2) is 8.12. The van der Waals surface area contributed by atoms with Gasteiger partial charge in [-0.1, -0.05) is 11.6 Å². The van der Waals surface area contributed by atoms with Gasteiger partial charge in [0.25, 0.3) is 5.91 Å². The first kappa shape index (κ1) is 19.8. The van der Waals surface area contributed by atoms with E-state index in [2.05, 4.69) is 10.3 Å². The molecule has 3 amide bonds. The quantitative estimate of drug-likeness (QED) is 0.774. The van der Waals surface area contributed by atoms with Gasteiger partial charge < -0.3 is 10.6 Å². The largest absolute Gasteiger partial charge is 0.369 e. The Morgan fingerprint density at radius 3 is 2.48 bits per heavy atom. The molecule has 7 nitrogen and oxygen atoms in total. The minimum atomic E-state index is -0.291. The van der Waals surface area contributed by atoms with Crippen LogP contribution in [0.1, 0.15) is 46.1 Å². The molecule has 9 heteroatoms. The maximum absolute atomic E-state index is 13.0. The fourth-order valence-corrected chi connectivity index (χ4v) is 5.06. The van der Waals surface area contributed by atoms with E-state index < -0.39 is 0 Å². The minimum Gasteiger partial charge on any atom is -0.369 e. The zero-order valence-corrected chi connectivity index (χ0v) is 17.3. The molecule has 1 saturated heterocycles. The molecule has 4 rings (SSSR count). The predicted octanol–water partition coefficient (Wildman–Crippen LogP) is 2.80. The van der Waals surface area contributed by atoms with Crippen LogP contribution in [0.15, 0.2) is 24.3 Å². The number of halogens is 1. The zero-order chi connectivity index (χ0) is 20.5. The highest BCUT2D eigenvalue weighted by molar-refractivity contribution is 7.16. The molecule has 1 fully saturated rings. The van der Waals surface area contributed by atoms with E-state index in [9.17, 15) is 14.4 Å². The topological polar surface area (TPSA) is 105 Å². The van der Waals surface area contributed by atoms with Crippen molar-refractivity contribution in [2.24, 2.45) is 11.7 Å². The van der Waals surface area contributed by atoms with E-state index in [4.69, 9.17) is 17.3 Å². The molecule has 2 aliphatic rings. The molecule has 2 heterocycles.